The fourth-order valence-corrected chi connectivity index (χ4v) is 3.61. The number of amides is 4. The molecule has 26 heavy (non-hydrogen) atoms. The summed E-state index contributed by atoms with van der Waals surface area (Å²) in [5.41, 5.74) is 4.70. The molecule has 4 rings (SSSR count). The van der Waals surface area contributed by atoms with Crippen LogP contribution in [0.3, 0.4) is 0 Å². The number of benzene rings is 2. The van der Waals surface area contributed by atoms with Crippen LogP contribution in [0.1, 0.15) is 52.6 Å². The summed E-state index contributed by atoms with van der Waals surface area (Å²) in [6, 6.07) is 6.82. The van der Waals surface area contributed by atoms with Crippen molar-refractivity contribution in [3.05, 3.63) is 57.6 Å². The normalized spacial score (nSPS) is 15.8. The van der Waals surface area contributed by atoms with Gasteiger partial charge >= 0.3 is 0 Å². The zero-order valence-corrected chi connectivity index (χ0v) is 14.8. The van der Waals surface area contributed by atoms with Gasteiger partial charge in [0.1, 0.15) is 0 Å². The molecule has 2 aromatic carbocycles. The maximum Gasteiger partial charge on any atom is 0.261 e. The number of imide groups is 2. The van der Waals surface area contributed by atoms with Crippen LogP contribution in [0.2, 0.25) is 0 Å². The number of rotatable bonds is 1. The molecule has 4 amide bonds. The summed E-state index contributed by atoms with van der Waals surface area (Å²) in [6.45, 7) is 3.72. The van der Waals surface area contributed by atoms with E-state index in [1.54, 1.807) is 24.3 Å². The van der Waals surface area contributed by atoms with Gasteiger partial charge in [-0.2, -0.15) is 0 Å². The first kappa shape index (κ1) is 16.2. The molecule has 0 fully saturated rings. The third kappa shape index (κ3) is 1.92. The quantitative estimate of drug-likeness (QED) is 0.742. The molecule has 0 saturated heterocycles. The van der Waals surface area contributed by atoms with E-state index in [0.29, 0.717) is 22.3 Å². The minimum Gasteiger partial charge on any atom is -0.277 e. The lowest BCUT2D eigenvalue weighted by atomic mass is 9.90. The summed E-state index contributed by atoms with van der Waals surface area (Å²) in [5.74, 6) is -1.30. The highest BCUT2D eigenvalue weighted by Gasteiger charge is 2.35. The number of nitrogens with zero attached hydrogens (tertiary/aromatic N) is 2. The third-order valence-electron chi connectivity index (χ3n) is 5.16. The molecule has 2 heterocycles. The number of aryl methyl sites for hydroxylation is 2. The average molecular weight is 348 g/mol. The summed E-state index contributed by atoms with van der Waals surface area (Å²) in [5, 5.41) is 0. The minimum absolute atomic E-state index is 0.312. The van der Waals surface area contributed by atoms with Crippen molar-refractivity contribution in [3.8, 4) is 11.1 Å². The number of hydrogen-bond acceptors (Lipinski definition) is 4. The van der Waals surface area contributed by atoms with Crippen LogP contribution >= 0.6 is 0 Å². The second-order valence-electron chi connectivity index (χ2n) is 6.76. The molecule has 2 aromatic rings. The predicted molar refractivity (Wildman–Crippen MR) is 94.2 cm³/mol. The van der Waals surface area contributed by atoms with Crippen LogP contribution in [-0.4, -0.2) is 47.5 Å². The van der Waals surface area contributed by atoms with E-state index in [1.165, 1.54) is 14.1 Å². The van der Waals surface area contributed by atoms with E-state index in [1.807, 2.05) is 13.8 Å². The van der Waals surface area contributed by atoms with Crippen molar-refractivity contribution in [2.24, 2.45) is 0 Å². The maximum absolute atomic E-state index is 12.3. The zero-order chi connectivity index (χ0) is 18.9. The molecular formula is C20H16N2O4. The average Bonchev–Trinajstić information content (AvgIpc) is 2.95. The summed E-state index contributed by atoms with van der Waals surface area (Å²) in [7, 11) is 2.92. The van der Waals surface area contributed by atoms with Crippen LogP contribution in [0.15, 0.2) is 24.3 Å². The smallest absolute Gasteiger partial charge is 0.261 e. The Morgan fingerprint density at radius 3 is 1.08 bits per heavy atom. The van der Waals surface area contributed by atoms with E-state index < -0.39 is 0 Å². The van der Waals surface area contributed by atoms with Gasteiger partial charge in [-0.1, -0.05) is 0 Å². The van der Waals surface area contributed by atoms with Crippen molar-refractivity contribution in [1.82, 2.24) is 9.80 Å². The van der Waals surface area contributed by atoms with Gasteiger partial charge in [-0.25, -0.2) is 0 Å². The van der Waals surface area contributed by atoms with Gasteiger partial charge in [0, 0.05) is 14.1 Å². The SMILES string of the molecule is Cc1cc2c(cc1-c1cc3c(cc1C)C(=O)N(C)C3=O)C(=O)N(C)C2=O. The maximum atomic E-state index is 12.3. The molecule has 0 N–H and O–H groups in total. The van der Waals surface area contributed by atoms with Crippen LogP contribution in [0.4, 0.5) is 0 Å². The highest BCUT2D eigenvalue weighted by atomic mass is 16.2. The second-order valence-corrected chi connectivity index (χ2v) is 6.76. The van der Waals surface area contributed by atoms with Crippen LogP contribution in [0.25, 0.3) is 11.1 Å². The van der Waals surface area contributed by atoms with Crippen LogP contribution < -0.4 is 0 Å². The Bertz CT molecular complexity index is 982. The van der Waals surface area contributed by atoms with Gasteiger partial charge in [-0.05, 0) is 60.4 Å². The van der Waals surface area contributed by atoms with Crippen molar-refractivity contribution in [2.75, 3.05) is 14.1 Å². The number of hydrogen-bond donors (Lipinski definition) is 0. The van der Waals surface area contributed by atoms with Gasteiger partial charge in [0.25, 0.3) is 23.6 Å². The largest absolute Gasteiger partial charge is 0.277 e. The van der Waals surface area contributed by atoms with Gasteiger partial charge < -0.3 is 0 Å². The van der Waals surface area contributed by atoms with Crippen molar-refractivity contribution in [3.63, 3.8) is 0 Å². The fourth-order valence-electron chi connectivity index (χ4n) is 3.61. The van der Waals surface area contributed by atoms with E-state index in [9.17, 15) is 19.2 Å². The lowest BCUT2D eigenvalue weighted by Gasteiger charge is -2.12. The van der Waals surface area contributed by atoms with E-state index >= 15 is 0 Å². The van der Waals surface area contributed by atoms with Gasteiger partial charge in [0.05, 0.1) is 22.3 Å². The van der Waals surface area contributed by atoms with Crippen LogP contribution in [-0.2, 0) is 0 Å². The predicted octanol–water partition coefficient (Wildman–Crippen LogP) is 2.42. The number of fused-ring (bicyclic) bond motifs is 2. The number of carbonyl (C=O) groups is 4. The molecule has 2 aliphatic rings. The summed E-state index contributed by atoms with van der Waals surface area (Å²) < 4.78 is 0. The van der Waals surface area contributed by atoms with E-state index in [4.69, 9.17) is 0 Å². The summed E-state index contributed by atoms with van der Waals surface area (Å²) in [4.78, 5) is 51.1. The summed E-state index contributed by atoms with van der Waals surface area (Å²) >= 11 is 0. The van der Waals surface area contributed by atoms with E-state index in [2.05, 4.69) is 0 Å². The highest BCUT2D eigenvalue weighted by molar-refractivity contribution is 6.23. The first-order chi connectivity index (χ1) is 12.2. The van der Waals surface area contributed by atoms with Crippen molar-refractivity contribution in [1.29, 1.82) is 0 Å². The Balaban J connectivity index is 1.94. The number of carbonyl (C=O) groups excluding carboxylic acids is 4. The highest BCUT2D eigenvalue weighted by Crippen LogP contribution is 2.35. The molecule has 0 aliphatic carbocycles. The first-order valence-electron chi connectivity index (χ1n) is 8.16. The monoisotopic (exact) mass is 348 g/mol. The van der Waals surface area contributed by atoms with Gasteiger partial charge in [-0.15, -0.1) is 0 Å². The van der Waals surface area contributed by atoms with Crippen molar-refractivity contribution in [2.45, 2.75) is 13.8 Å². The van der Waals surface area contributed by atoms with Gasteiger partial charge in [0.15, 0.2) is 0 Å². The molecular weight excluding hydrogens is 332 g/mol. The Kier molecular flexibility index (Phi) is 3.18. The van der Waals surface area contributed by atoms with Gasteiger partial charge in [-0.3, -0.25) is 29.0 Å². The topological polar surface area (TPSA) is 74.8 Å². The molecule has 0 radical (unpaired) electrons. The standard InChI is InChI=1S/C20H16N2O4/c1-9-5-13-15(19(25)21(3)17(13)23)7-11(9)12-8-16-14(6-10(12)2)18(24)22(4)20(16)26/h5-8H,1-4H3. The second kappa shape index (κ2) is 5.11. The molecule has 2 aliphatic heterocycles. The lowest BCUT2D eigenvalue weighted by molar-refractivity contribution is 0.0677. The van der Waals surface area contributed by atoms with Gasteiger partial charge in [0.2, 0.25) is 0 Å². The zero-order valence-electron chi connectivity index (χ0n) is 14.8. The Morgan fingerprint density at radius 2 is 0.769 bits per heavy atom. The Hall–Kier alpha value is -3.28. The van der Waals surface area contributed by atoms with Crippen molar-refractivity contribution >= 4 is 23.6 Å². The Morgan fingerprint density at radius 1 is 0.500 bits per heavy atom. The molecule has 0 aromatic heterocycles. The Labute approximate surface area is 150 Å². The summed E-state index contributed by atoms with van der Waals surface area (Å²) in [6.07, 6.45) is 0. The molecule has 0 saturated carbocycles. The first-order valence-corrected chi connectivity index (χ1v) is 8.16. The van der Waals surface area contributed by atoms with Crippen LogP contribution in [0, 0.1) is 13.8 Å². The van der Waals surface area contributed by atoms with E-state index in [-0.39, 0.29) is 23.6 Å². The fraction of sp³-hybridized carbons (Fsp3) is 0.200. The lowest BCUT2D eigenvalue weighted by Crippen LogP contribution is -2.24. The molecule has 6 heteroatoms. The van der Waals surface area contributed by atoms with Crippen LogP contribution in [0.5, 0.6) is 0 Å². The third-order valence-corrected chi connectivity index (χ3v) is 5.16. The molecule has 0 spiro atoms. The molecule has 0 unspecified atom stereocenters. The molecule has 0 bridgehead atoms. The van der Waals surface area contributed by atoms with Crippen molar-refractivity contribution < 1.29 is 19.2 Å². The minimum atomic E-state index is -0.337. The molecule has 130 valence electrons. The van der Waals surface area contributed by atoms with E-state index in [0.717, 1.165) is 32.1 Å². The molecule has 0 atom stereocenters. The molecule has 6 nitrogen and oxygen atoms in total.